The van der Waals surface area contributed by atoms with Crippen molar-refractivity contribution in [2.75, 3.05) is 20.6 Å². The average Bonchev–Trinajstić information content (AvgIpc) is 2.70. The smallest absolute Gasteiger partial charge is 0.00375 e. The molecule has 0 aromatic heterocycles. The summed E-state index contributed by atoms with van der Waals surface area (Å²) in [6.07, 6.45) is 6.19. The van der Waals surface area contributed by atoms with Crippen LogP contribution in [0, 0.1) is 11.3 Å². The molecule has 1 atom stereocenters. The minimum atomic E-state index is 0.597. The lowest BCUT2D eigenvalue weighted by Gasteiger charge is -2.26. The molecule has 70 valence electrons. The largest absolute Gasteiger partial charge is 0.309 e. The van der Waals surface area contributed by atoms with Crippen molar-refractivity contribution < 1.29 is 0 Å². The highest BCUT2D eigenvalue weighted by Crippen LogP contribution is 2.53. The van der Waals surface area contributed by atoms with Gasteiger partial charge in [0, 0.05) is 6.54 Å². The summed E-state index contributed by atoms with van der Waals surface area (Å²) in [6, 6.07) is 0. The fourth-order valence-electron chi connectivity index (χ4n) is 2.29. The second kappa shape index (κ2) is 3.61. The Labute approximate surface area is 76.5 Å². The van der Waals surface area contributed by atoms with Crippen molar-refractivity contribution in [2.24, 2.45) is 11.3 Å². The maximum absolute atomic E-state index is 3.93. The molecule has 0 bridgehead atoms. The van der Waals surface area contributed by atoms with E-state index < -0.39 is 0 Å². The second-order valence-electron chi connectivity index (χ2n) is 4.35. The number of rotatable bonds is 5. The van der Waals surface area contributed by atoms with Crippen molar-refractivity contribution in [1.82, 2.24) is 4.90 Å². The topological polar surface area (TPSA) is 3.24 Å². The zero-order valence-corrected chi connectivity index (χ0v) is 8.64. The third-order valence-corrected chi connectivity index (χ3v) is 3.03. The molecule has 1 aliphatic carbocycles. The summed E-state index contributed by atoms with van der Waals surface area (Å²) in [5.74, 6) is 0.736. The zero-order chi connectivity index (χ0) is 9.19. The van der Waals surface area contributed by atoms with E-state index in [4.69, 9.17) is 0 Å². The third kappa shape index (κ3) is 1.89. The molecule has 1 saturated carbocycles. The molecule has 1 unspecified atom stereocenters. The molecule has 1 fully saturated rings. The van der Waals surface area contributed by atoms with Gasteiger partial charge in [0.05, 0.1) is 0 Å². The minimum Gasteiger partial charge on any atom is -0.309 e. The van der Waals surface area contributed by atoms with Gasteiger partial charge in [0.25, 0.3) is 0 Å². The molecule has 1 heteroatoms. The molecule has 0 amide bonds. The van der Waals surface area contributed by atoms with Gasteiger partial charge in [-0.3, -0.25) is 0 Å². The van der Waals surface area contributed by atoms with E-state index in [9.17, 15) is 0 Å². The van der Waals surface area contributed by atoms with Crippen LogP contribution in [0.1, 0.15) is 26.2 Å². The summed E-state index contributed by atoms with van der Waals surface area (Å²) in [4.78, 5) is 2.30. The van der Waals surface area contributed by atoms with Crippen molar-refractivity contribution in [3.63, 3.8) is 0 Å². The van der Waals surface area contributed by atoms with Gasteiger partial charge in [-0.05, 0) is 44.7 Å². The van der Waals surface area contributed by atoms with E-state index in [1.54, 1.807) is 0 Å². The SMILES string of the molecule is C=CC(CC)C1(CN(C)C)CC1. The van der Waals surface area contributed by atoms with Crippen LogP contribution in [0.2, 0.25) is 0 Å². The molecule has 0 spiro atoms. The van der Waals surface area contributed by atoms with Gasteiger partial charge in [-0.2, -0.15) is 0 Å². The number of hydrogen-bond donors (Lipinski definition) is 0. The molecule has 1 aliphatic rings. The predicted molar refractivity (Wildman–Crippen MR) is 54.2 cm³/mol. The van der Waals surface area contributed by atoms with Gasteiger partial charge in [-0.15, -0.1) is 6.58 Å². The number of allylic oxidation sites excluding steroid dienone is 1. The summed E-state index contributed by atoms with van der Waals surface area (Å²) >= 11 is 0. The van der Waals surface area contributed by atoms with Gasteiger partial charge in [-0.25, -0.2) is 0 Å². The molecule has 12 heavy (non-hydrogen) atoms. The molecule has 0 aromatic rings. The summed E-state index contributed by atoms with van der Waals surface area (Å²) < 4.78 is 0. The van der Waals surface area contributed by atoms with Crippen LogP contribution in [-0.4, -0.2) is 25.5 Å². The molecular formula is C11H21N. The minimum absolute atomic E-state index is 0.597. The Morgan fingerprint density at radius 1 is 1.50 bits per heavy atom. The summed E-state index contributed by atoms with van der Waals surface area (Å²) in [6.45, 7) is 7.43. The fraction of sp³-hybridized carbons (Fsp3) is 0.818. The monoisotopic (exact) mass is 167 g/mol. The Balaban J connectivity index is 2.52. The average molecular weight is 167 g/mol. The molecular weight excluding hydrogens is 146 g/mol. The molecule has 0 N–H and O–H groups in total. The molecule has 1 rings (SSSR count). The van der Waals surface area contributed by atoms with Crippen LogP contribution in [-0.2, 0) is 0 Å². The van der Waals surface area contributed by atoms with Gasteiger partial charge >= 0.3 is 0 Å². The highest BCUT2D eigenvalue weighted by Gasteiger charge is 2.47. The van der Waals surface area contributed by atoms with Crippen molar-refractivity contribution in [2.45, 2.75) is 26.2 Å². The Kier molecular flexibility index (Phi) is 2.94. The Morgan fingerprint density at radius 3 is 2.33 bits per heavy atom. The van der Waals surface area contributed by atoms with Crippen LogP contribution < -0.4 is 0 Å². The maximum Gasteiger partial charge on any atom is 0.00375 e. The highest BCUT2D eigenvalue weighted by atomic mass is 15.1. The van der Waals surface area contributed by atoms with E-state index in [-0.39, 0.29) is 0 Å². The lowest BCUT2D eigenvalue weighted by Crippen LogP contribution is -2.27. The summed E-state index contributed by atoms with van der Waals surface area (Å²) in [5.41, 5.74) is 0.597. The van der Waals surface area contributed by atoms with Gasteiger partial charge in [0.1, 0.15) is 0 Å². The molecule has 0 radical (unpaired) electrons. The van der Waals surface area contributed by atoms with Gasteiger partial charge < -0.3 is 4.90 Å². The quantitative estimate of drug-likeness (QED) is 0.569. The van der Waals surface area contributed by atoms with Crippen LogP contribution in [0.5, 0.6) is 0 Å². The van der Waals surface area contributed by atoms with Crippen molar-refractivity contribution in [3.05, 3.63) is 12.7 Å². The fourth-order valence-corrected chi connectivity index (χ4v) is 2.29. The van der Waals surface area contributed by atoms with Crippen molar-refractivity contribution in [3.8, 4) is 0 Å². The first-order chi connectivity index (χ1) is 5.64. The Bertz CT molecular complexity index is 156. The van der Waals surface area contributed by atoms with Crippen LogP contribution in [0.4, 0.5) is 0 Å². The van der Waals surface area contributed by atoms with Crippen LogP contribution in [0.3, 0.4) is 0 Å². The molecule has 0 heterocycles. The number of nitrogens with zero attached hydrogens (tertiary/aromatic N) is 1. The standard InChI is InChI=1S/C11H21N/c1-5-10(6-2)11(7-8-11)9-12(3)4/h5,10H,1,6-9H2,2-4H3. The first-order valence-corrected chi connectivity index (χ1v) is 4.92. The van der Waals surface area contributed by atoms with E-state index >= 15 is 0 Å². The van der Waals surface area contributed by atoms with E-state index in [1.807, 2.05) is 0 Å². The van der Waals surface area contributed by atoms with Gasteiger partial charge in [0.15, 0.2) is 0 Å². The molecule has 0 aromatic carbocycles. The highest BCUT2D eigenvalue weighted by molar-refractivity contribution is 5.04. The zero-order valence-electron chi connectivity index (χ0n) is 8.64. The van der Waals surface area contributed by atoms with Crippen LogP contribution in [0.15, 0.2) is 12.7 Å². The molecule has 0 aliphatic heterocycles. The normalized spacial score (nSPS) is 22.3. The maximum atomic E-state index is 3.93. The van der Waals surface area contributed by atoms with E-state index in [0.717, 1.165) is 5.92 Å². The lowest BCUT2D eigenvalue weighted by molar-refractivity contribution is 0.250. The summed E-state index contributed by atoms with van der Waals surface area (Å²) in [7, 11) is 4.33. The predicted octanol–water partition coefficient (Wildman–Crippen LogP) is 2.54. The Morgan fingerprint density at radius 2 is 2.08 bits per heavy atom. The van der Waals surface area contributed by atoms with Gasteiger partial charge in [-0.1, -0.05) is 13.0 Å². The number of hydrogen-bond acceptors (Lipinski definition) is 1. The van der Waals surface area contributed by atoms with E-state index in [0.29, 0.717) is 5.41 Å². The Hall–Kier alpha value is -0.300. The first kappa shape index (κ1) is 9.79. The van der Waals surface area contributed by atoms with Crippen molar-refractivity contribution in [1.29, 1.82) is 0 Å². The van der Waals surface area contributed by atoms with Crippen LogP contribution in [0.25, 0.3) is 0 Å². The third-order valence-electron chi connectivity index (χ3n) is 3.03. The second-order valence-corrected chi connectivity index (χ2v) is 4.35. The summed E-state index contributed by atoms with van der Waals surface area (Å²) in [5, 5.41) is 0. The van der Waals surface area contributed by atoms with E-state index in [1.165, 1.54) is 25.8 Å². The lowest BCUT2D eigenvalue weighted by atomic mass is 9.86. The molecule has 1 nitrogen and oxygen atoms in total. The van der Waals surface area contributed by atoms with Crippen molar-refractivity contribution >= 4 is 0 Å². The first-order valence-electron chi connectivity index (χ1n) is 4.92. The molecule has 0 saturated heterocycles. The van der Waals surface area contributed by atoms with Crippen LogP contribution >= 0.6 is 0 Å². The van der Waals surface area contributed by atoms with E-state index in [2.05, 4.69) is 38.6 Å². The van der Waals surface area contributed by atoms with Gasteiger partial charge in [0.2, 0.25) is 0 Å².